The molecule has 2 saturated carbocycles. The number of amides is 1. The van der Waals surface area contributed by atoms with E-state index in [1.807, 2.05) is 20.8 Å². The van der Waals surface area contributed by atoms with E-state index in [0.29, 0.717) is 11.5 Å². The number of carbonyl (C=O) groups excluding carboxylic acids is 2. The second-order valence-corrected chi connectivity index (χ2v) is 7.50. The Morgan fingerprint density at radius 3 is 2.33 bits per heavy atom. The third kappa shape index (κ3) is 4.08. The highest BCUT2D eigenvalue weighted by Crippen LogP contribution is 2.59. The van der Waals surface area contributed by atoms with Crippen molar-refractivity contribution in [1.29, 1.82) is 0 Å². The Morgan fingerprint density at radius 2 is 1.86 bits per heavy atom. The van der Waals surface area contributed by atoms with Crippen molar-refractivity contribution in [3.63, 3.8) is 0 Å². The van der Waals surface area contributed by atoms with Gasteiger partial charge < -0.3 is 10.1 Å². The van der Waals surface area contributed by atoms with Gasteiger partial charge in [0.05, 0.1) is 6.04 Å². The number of ether oxygens (including phenoxy) is 1. The first-order chi connectivity index (χ1) is 9.69. The molecule has 0 aromatic carbocycles. The van der Waals surface area contributed by atoms with Crippen LogP contribution in [0.2, 0.25) is 0 Å². The summed E-state index contributed by atoms with van der Waals surface area (Å²) < 4.78 is 5.26. The van der Waals surface area contributed by atoms with Crippen LogP contribution in [-0.2, 0) is 9.53 Å². The van der Waals surface area contributed by atoms with Crippen LogP contribution in [-0.4, -0.2) is 23.5 Å². The van der Waals surface area contributed by atoms with Crippen molar-refractivity contribution in [1.82, 2.24) is 5.32 Å². The van der Waals surface area contributed by atoms with Crippen LogP contribution in [0, 0.1) is 17.8 Å². The number of hydrogen-bond acceptors (Lipinski definition) is 3. The minimum Gasteiger partial charge on any atom is -0.444 e. The molecular weight excluding hydrogens is 266 g/mol. The molecule has 0 aromatic rings. The molecule has 0 aliphatic heterocycles. The molecule has 2 aliphatic rings. The van der Waals surface area contributed by atoms with Crippen molar-refractivity contribution < 1.29 is 14.3 Å². The first kappa shape index (κ1) is 16.1. The minimum atomic E-state index is -0.559. The Hall–Kier alpha value is -1.32. The summed E-state index contributed by atoms with van der Waals surface area (Å²) in [5.74, 6) is 2.05. The van der Waals surface area contributed by atoms with E-state index in [9.17, 15) is 9.59 Å². The molecule has 0 aromatic heterocycles. The highest BCUT2D eigenvalue weighted by molar-refractivity contribution is 5.99. The second-order valence-electron chi connectivity index (χ2n) is 7.50. The Morgan fingerprint density at radius 1 is 1.29 bits per heavy atom. The third-order valence-electron chi connectivity index (χ3n) is 4.52. The first-order valence-corrected chi connectivity index (χ1v) is 7.88. The molecule has 0 spiro atoms. The highest BCUT2D eigenvalue weighted by Gasteiger charge is 2.53. The molecule has 0 heterocycles. The van der Waals surface area contributed by atoms with E-state index in [4.69, 9.17) is 4.74 Å². The number of fused-ring (bicyclic) bond motifs is 1. The maximum Gasteiger partial charge on any atom is 0.408 e. The Bertz CT molecular complexity index is 439. The summed E-state index contributed by atoms with van der Waals surface area (Å²) in [6.45, 7) is 10.8. The van der Waals surface area contributed by atoms with Crippen molar-refractivity contribution in [3.05, 3.63) is 12.2 Å². The van der Waals surface area contributed by atoms with Crippen molar-refractivity contribution >= 4 is 11.9 Å². The largest absolute Gasteiger partial charge is 0.444 e. The molecule has 21 heavy (non-hydrogen) atoms. The standard InChI is InChI=1S/C17H27NO3/c1-10(2)15(19)14(18-16(20)21-17(3,4)5)9-13-11-7-6-8-12(11)13/h11-14H,1,6-9H2,2-5H3,(H,18,20)/t11-,12+,13+,14-/m0/s1. The van der Waals surface area contributed by atoms with Crippen LogP contribution in [0.5, 0.6) is 0 Å². The normalized spacial score (nSPS) is 28.5. The lowest BCUT2D eigenvalue weighted by molar-refractivity contribution is -0.117. The van der Waals surface area contributed by atoms with Crippen LogP contribution in [0.15, 0.2) is 12.2 Å². The van der Waals surface area contributed by atoms with E-state index in [2.05, 4.69) is 11.9 Å². The SMILES string of the molecule is C=C(C)C(=O)[C@H](C[C@H]1[C@@H]2CCC[C@@H]21)NC(=O)OC(C)(C)C. The van der Waals surface area contributed by atoms with E-state index < -0.39 is 17.7 Å². The van der Waals surface area contributed by atoms with Crippen LogP contribution in [0.3, 0.4) is 0 Å². The summed E-state index contributed by atoms with van der Waals surface area (Å²) >= 11 is 0. The summed E-state index contributed by atoms with van der Waals surface area (Å²) in [6, 6.07) is -0.493. The Kier molecular flexibility index (Phi) is 4.45. The summed E-state index contributed by atoms with van der Waals surface area (Å²) in [4.78, 5) is 24.2. The van der Waals surface area contributed by atoms with Gasteiger partial charge in [-0.25, -0.2) is 4.79 Å². The Balaban J connectivity index is 1.94. The van der Waals surface area contributed by atoms with Gasteiger partial charge in [0.25, 0.3) is 0 Å². The van der Waals surface area contributed by atoms with Crippen molar-refractivity contribution in [2.45, 2.75) is 65.0 Å². The fraction of sp³-hybridized carbons (Fsp3) is 0.765. The van der Waals surface area contributed by atoms with Gasteiger partial charge in [0.15, 0.2) is 5.78 Å². The Labute approximate surface area is 127 Å². The maximum atomic E-state index is 12.3. The average Bonchev–Trinajstić information content (AvgIpc) is 2.78. The topological polar surface area (TPSA) is 55.4 Å². The lowest BCUT2D eigenvalue weighted by atomic mass is 9.98. The molecule has 2 aliphatic carbocycles. The first-order valence-electron chi connectivity index (χ1n) is 7.88. The molecule has 0 bridgehead atoms. The van der Waals surface area contributed by atoms with Gasteiger partial charge in [-0.1, -0.05) is 13.0 Å². The quantitative estimate of drug-likeness (QED) is 0.790. The van der Waals surface area contributed by atoms with Crippen LogP contribution >= 0.6 is 0 Å². The lowest BCUT2D eigenvalue weighted by Gasteiger charge is -2.23. The van der Waals surface area contributed by atoms with Gasteiger partial charge in [-0.15, -0.1) is 0 Å². The summed E-state index contributed by atoms with van der Waals surface area (Å²) in [6.07, 6.45) is 4.06. The molecule has 0 radical (unpaired) electrons. The van der Waals surface area contributed by atoms with Crippen molar-refractivity contribution in [3.8, 4) is 0 Å². The molecule has 0 saturated heterocycles. The van der Waals surface area contributed by atoms with E-state index in [1.165, 1.54) is 19.3 Å². The van der Waals surface area contributed by atoms with Gasteiger partial charge in [0.2, 0.25) is 0 Å². The number of nitrogens with one attached hydrogen (secondary N) is 1. The van der Waals surface area contributed by atoms with Gasteiger partial charge in [-0.2, -0.15) is 0 Å². The summed E-state index contributed by atoms with van der Waals surface area (Å²) in [5, 5.41) is 2.74. The fourth-order valence-corrected chi connectivity index (χ4v) is 3.57. The lowest BCUT2D eigenvalue weighted by Crippen LogP contribution is -2.44. The zero-order valence-corrected chi connectivity index (χ0v) is 13.6. The number of ketones is 1. The van der Waals surface area contributed by atoms with E-state index >= 15 is 0 Å². The van der Waals surface area contributed by atoms with Gasteiger partial charge in [-0.05, 0) is 70.3 Å². The van der Waals surface area contributed by atoms with Gasteiger partial charge in [0, 0.05) is 0 Å². The van der Waals surface area contributed by atoms with Crippen LogP contribution < -0.4 is 5.32 Å². The summed E-state index contributed by atoms with van der Waals surface area (Å²) in [5.41, 5.74) is -0.0707. The number of carbonyl (C=O) groups is 2. The van der Waals surface area contributed by atoms with Gasteiger partial charge in [-0.3, -0.25) is 4.79 Å². The molecule has 1 amide bonds. The number of rotatable bonds is 5. The van der Waals surface area contributed by atoms with Gasteiger partial charge >= 0.3 is 6.09 Å². The highest BCUT2D eigenvalue weighted by atomic mass is 16.6. The second kappa shape index (κ2) is 5.82. The predicted octanol–water partition coefficient (Wildman–Crippen LogP) is 3.46. The van der Waals surface area contributed by atoms with Crippen molar-refractivity contribution in [2.75, 3.05) is 0 Å². The summed E-state index contributed by atoms with van der Waals surface area (Å²) in [7, 11) is 0. The molecule has 118 valence electrons. The number of hydrogen-bond donors (Lipinski definition) is 1. The maximum absolute atomic E-state index is 12.3. The molecule has 4 heteroatoms. The molecule has 4 atom stereocenters. The van der Waals surface area contributed by atoms with Crippen molar-refractivity contribution in [2.24, 2.45) is 17.8 Å². The zero-order valence-electron chi connectivity index (χ0n) is 13.6. The third-order valence-corrected chi connectivity index (χ3v) is 4.52. The van der Waals surface area contributed by atoms with E-state index in [-0.39, 0.29) is 5.78 Å². The van der Waals surface area contributed by atoms with E-state index in [0.717, 1.165) is 18.3 Å². The number of Topliss-reactive ketones (excluding diaryl/α,β-unsaturated/α-hetero) is 1. The van der Waals surface area contributed by atoms with Crippen LogP contribution in [0.25, 0.3) is 0 Å². The molecule has 1 N–H and O–H groups in total. The molecule has 4 nitrogen and oxygen atoms in total. The van der Waals surface area contributed by atoms with Crippen LogP contribution in [0.4, 0.5) is 4.79 Å². The smallest absolute Gasteiger partial charge is 0.408 e. The minimum absolute atomic E-state index is 0.0779. The molecule has 2 fully saturated rings. The van der Waals surface area contributed by atoms with Gasteiger partial charge in [0.1, 0.15) is 5.60 Å². The predicted molar refractivity (Wildman–Crippen MR) is 81.9 cm³/mol. The zero-order chi connectivity index (χ0) is 15.8. The van der Waals surface area contributed by atoms with E-state index in [1.54, 1.807) is 6.92 Å². The average molecular weight is 293 g/mol. The van der Waals surface area contributed by atoms with Crippen LogP contribution in [0.1, 0.15) is 53.4 Å². The molecular formula is C17H27NO3. The molecule has 2 rings (SSSR count). The fourth-order valence-electron chi connectivity index (χ4n) is 3.57. The number of alkyl carbamates (subject to hydrolysis) is 1. The molecule has 0 unspecified atom stereocenters. The monoisotopic (exact) mass is 293 g/mol.